The van der Waals surface area contributed by atoms with E-state index in [2.05, 4.69) is 22.4 Å². The van der Waals surface area contributed by atoms with E-state index in [4.69, 9.17) is 5.73 Å². The van der Waals surface area contributed by atoms with E-state index in [1.54, 1.807) is 11.3 Å². The van der Waals surface area contributed by atoms with Gasteiger partial charge in [-0.25, -0.2) is 0 Å². The molecule has 2 N–H and O–H groups in total. The number of rotatable bonds is 7. The quantitative estimate of drug-likeness (QED) is 0.753. The number of nitrogens with two attached hydrogens (primary N) is 1. The highest BCUT2D eigenvalue weighted by molar-refractivity contribution is 7.14. The lowest BCUT2D eigenvalue weighted by Gasteiger charge is -2.35. The van der Waals surface area contributed by atoms with Crippen LogP contribution in [-0.2, 0) is 4.79 Å². The van der Waals surface area contributed by atoms with Crippen LogP contribution >= 0.6 is 36.2 Å². The second kappa shape index (κ2) is 12.0. The second-order valence-corrected chi connectivity index (χ2v) is 6.20. The van der Waals surface area contributed by atoms with Crippen molar-refractivity contribution in [3.8, 4) is 0 Å². The monoisotopic (exact) mass is 367 g/mol. The summed E-state index contributed by atoms with van der Waals surface area (Å²) >= 11 is 1.77. The summed E-state index contributed by atoms with van der Waals surface area (Å²) in [6, 6.07) is 4.23. The Balaban J connectivity index is 0.00000220. The first-order chi connectivity index (χ1) is 9.81. The van der Waals surface area contributed by atoms with Gasteiger partial charge in [-0.05, 0) is 36.9 Å². The number of thiophene rings is 1. The maximum atomic E-state index is 12.1. The van der Waals surface area contributed by atoms with E-state index in [9.17, 15) is 4.79 Å². The zero-order chi connectivity index (χ0) is 14.2. The Hall–Kier alpha value is -0.490. The normalized spacial score (nSPS) is 14.2. The van der Waals surface area contributed by atoms with Crippen molar-refractivity contribution < 1.29 is 4.79 Å². The van der Waals surface area contributed by atoms with E-state index >= 15 is 0 Å². The highest BCUT2D eigenvalue weighted by Crippen LogP contribution is 2.22. The molecule has 0 unspecified atom stereocenters. The van der Waals surface area contributed by atoms with E-state index in [1.807, 2.05) is 4.90 Å². The Morgan fingerprint density at radius 1 is 1.09 bits per heavy atom. The second-order valence-electron chi connectivity index (χ2n) is 5.27. The van der Waals surface area contributed by atoms with Crippen LogP contribution in [0.1, 0.15) is 32.1 Å². The summed E-state index contributed by atoms with van der Waals surface area (Å²) in [7, 11) is 0. The van der Waals surface area contributed by atoms with Gasteiger partial charge in [-0.2, -0.15) is 0 Å². The van der Waals surface area contributed by atoms with Crippen molar-refractivity contribution in [1.82, 2.24) is 4.90 Å². The average molecular weight is 368 g/mol. The van der Waals surface area contributed by atoms with Gasteiger partial charge in [0.2, 0.25) is 5.91 Å². The number of unbranched alkanes of at least 4 members (excludes halogenated alkanes) is 3. The van der Waals surface area contributed by atoms with E-state index in [1.165, 1.54) is 5.00 Å². The lowest BCUT2D eigenvalue weighted by molar-refractivity contribution is -0.131. The van der Waals surface area contributed by atoms with Crippen LogP contribution in [0.2, 0.25) is 0 Å². The summed E-state index contributed by atoms with van der Waals surface area (Å²) < 4.78 is 0. The Bertz CT molecular complexity index is 396. The predicted octanol–water partition coefficient (Wildman–Crippen LogP) is 3.15. The van der Waals surface area contributed by atoms with Gasteiger partial charge in [0.25, 0.3) is 0 Å². The molecule has 0 atom stereocenters. The minimum absolute atomic E-state index is 0. The predicted molar refractivity (Wildman–Crippen MR) is 99.7 cm³/mol. The maximum absolute atomic E-state index is 12.1. The maximum Gasteiger partial charge on any atom is 0.222 e. The van der Waals surface area contributed by atoms with Crippen molar-refractivity contribution in [2.24, 2.45) is 5.73 Å². The fraction of sp³-hybridized carbons (Fsp3) is 0.667. The lowest BCUT2D eigenvalue weighted by atomic mass is 10.1. The van der Waals surface area contributed by atoms with Crippen molar-refractivity contribution in [1.29, 1.82) is 0 Å². The highest BCUT2D eigenvalue weighted by Gasteiger charge is 2.21. The van der Waals surface area contributed by atoms with E-state index in [0.717, 1.165) is 58.4 Å². The molecule has 1 aliphatic rings. The van der Waals surface area contributed by atoms with Gasteiger partial charge in [-0.3, -0.25) is 4.79 Å². The molecule has 1 aliphatic heterocycles. The van der Waals surface area contributed by atoms with Crippen LogP contribution in [0.3, 0.4) is 0 Å². The topological polar surface area (TPSA) is 49.6 Å². The molecule has 1 aromatic rings. The van der Waals surface area contributed by atoms with Crippen LogP contribution in [0.4, 0.5) is 5.00 Å². The smallest absolute Gasteiger partial charge is 0.222 e. The number of hydrogen-bond donors (Lipinski definition) is 1. The number of amides is 1. The molecule has 0 radical (unpaired) electrons. The molecule has 128 valence electrons. The minimum Gasteiger partial charge on any atom is -0.360 e. The third-order valence-electron chi connectivity index (χ3n) is 3.79. The molecule has 0 saturated carbocycles. The number of carbonyl (C=O) groups is 1. The van der Waals surface area contributed by atoms with E-state index in [0.29, 0.717) is 12.3 Å². The molecule has 7 heteroatoms. The minimum atomic E-state index is 0. The fourth-order valence-electron chi connectivity index (χ4n) is 2.56. The fourth-order valence-corrected chi connectivity index (χ4v) is 3.34. The number of hydrogen-bond acceptors (Lipinski definition) is 4. The molecule has 4 nitrogen and oxygen atoms in total. The van der Waals surface area contributed by atoms with Crippen molar-refractivity contribution in [2.45, 2.75) is 32.1 Å². The van der Waals surface area contributed by atoms with Crippen molar-refractivity contribution >= 4 is 47.1 Å². The SMILES string of the molecule is Cl.Cl.NCCCCCCC(=O)N1CCN(c2cccs2)CC1. The molecule has 0 spiro atoms. The van der Waals surface area contributed by atoms with Crippen LogP contribution in [0.15, 0.2) is 17.5 Å². The Morgan fingerprint density at radius 2 is 1.77 bits per heavy atom. The van der Waals surface area contributed by atoms with Gasteiger partial charge in [0.05, 0.1) is 5.00 Å². The van der Waals surface area contributed by atoms with Crippen molar-refractivity contribution in [3.63, 3.8) is 0 Å². The molecule has 0 aromatic carbocycles. The first-order valence-corrected chi connectivity index (χ1v) is 8.45. The van der Waals surface area contributed by atoms with Gasteiger partial charge in [0.1, 0.15) is 0 Å². The summed E-state index contributed by atoms with van der Waals surface area (Å²) in [5.41, 5.74) is 5.46. The zero-order valence-corrected chi connectivity index (χ0v) is 15.4. The Labute approximate surface area is 149 Å². The van der Waals surface area contributed by atoms with Gasteiger partial charge >= 0.3 is 0 Å². The molecule has 1 fully saturated rings. The molecule has 1 aromatic heterocycles. The largest absolute Gasteiger partial charge is 0.360 e. The molecule has 22 heavy (non-hydrogen) atoms. The van der Waals surface area contributed by atoms with Crippen LogP contribution in [0.25, 0.3) is 0 Å². The average Bonchev–Trinajstić information content (AvgIpc) is 3.01. The van der Waals surface area contributed by atoms with Crippen LogP contribution in [0, 0.1) is 0 Å². The lowest BCUT2D eigenvalue weighted by Crippen LogP contribution is -2.48. The van der Waals surface area contributed by atoms with Gasteiger partial charge in [0, 0.05) is 32.6 Å². The van der Waals surface area contributed by atoms with Gasteiger partial charge in [0.15, 0.2) is 0 Å². The van der Waals surface area contributed by atoms with Gasteiger partial charge in [-0.1, -0.05) is 12.8 Å². The summed E-state index contributed by atoms with van der Waals surface area (Å²) in [5.74, 6) is 0.323. The standard InChI is InChI=1S/C15H25N3OS.2ClH/c16-8-4-2-1-3-6-14(19)17-9-11-18(12-10-17)15-7-5-13-20-15;;/h5,7,13H,1-4,6,8-12,16H2;2*1H. The van der Waals surface area contributed by atoms with Crippen LogP contribution in [0.5, 0.6) is 0 Å². The Kier molecular flexibility index (Phi) is 11.7. The van der Waals surface area contributed by atoms with E-state index < -0.39 is 0 Å². The van der Waals surface area contributed by atoms with Crippen molar-refractivity contribution in [3.05, 3.63) is 17.5 Å². The highest BCUT2D eigenvalue weighted by atomic mass is 35.5. The first kappa shape index (κ1) is 21.5. The zero-order valence-electron chi connectivity index (χ0n) is 12.9. The molecule has 1 amide bonds. The molecule has 0 bridgehead atoms. The van der Waals surface area contributed by atoms with Gasteiger partial charge < -0.3 is 15.5 Å². The van der Waals surface area contributed by atoms with Crippen molar-refractivity contribution in [2.75, 3.05) is 37.6 Å². The molecule has 2 heterocycles. The number of nitrogens with zero attached hydrogens (tertiary/aromatic N) is 2. The van der Waals surface area contributed by atoms with Gasteiger partial charge in [-0.15, -0.1) is 36.2 Å². The Morgan fingerprint density at radius 3 is 2.36 bits per heavy atom. The molecule has 1 saturated heterocycles. The molecular weight excluding hydrogens is 341 g/mol. The molecule has 2 rings (SSSR count). The number of piperazine rings is 1. The third-order valence-corrected chi connectivity index (χ3v) is 4.72. The summed E-state index contributed by atoms with van der Waals surface area (Å²) in [4.78, 5) is 16.5. The molecule has 0 aliphatic carbocycles. The van der Waals surface area contributed by atoms with Crippen LogP contribution < -0.4 is 10.6 Å². The third kappa shape index (κ3) is 6.73. The number of carbonyl (C=O) groups excluding carboxylic acids is 1. The summed E-state index contributed by atoms with van der Waals surface area (Å²) in [6.07, 6.45) is 5.05. The number of halogens is 2. The first-order valence-electron chi connectivity index (χ1n) is 7.57. The molecular formula is C15H27Cl2N3OS. The summed E-state index contributed by atoms with van der Waals surface area (Å²) in [5, 5.41) is 3.42. The summed E-state index contributed by atoms with van der Waals surface area (Å²) in [6.45, 7) is 4.40. The van der Waals surface area contributed by atoms with E-state index in [-0.39, 0.29) is 24.8 Å². The van der Waals surface area contributed by atoms with Crippen LogP contribution in [-0.4, -0.2) is 43.5 Å². The number of anilines is 1.